The molecule has 0 aliphatic heterocycles. The number of esters is 3. The zero-order chi connectivity index (χ0) is 22.7. The number of hydrogen-bond acceptors (Lipinski definition) is 6. The first kappa shape index (κ1) is 26.9. The Labute approximate surface area is 179 Å². The maximum atomic E-state index is 11.9. The van der Waals surface area contributed by atoms with Crippen molar-refractivity contribution in [2.45, 2.75) is 34.1 Å². The second kappa shape index (κ2) is 16.8. The van der Waals surface area contributed by atoms with E-state index in [0.29, 0.717) is 6.42 Å². The minimum Gasteiger partial charge on any atom is -0.462 e. The van der Waals surface area contributed by atoms with E-state index in [-0.39, 0.29) is 19.8 Å². The molecule has 0 saturated carbocycles. The monoisotopic (exact) mass is 416 g/mol. The summed E-state index contributed by atoms with van der Waals surface area (Å²) in [5.74, 6) is -1.61. The highest BCUT2D eigenvalue weighted by Crippen LogP contribution is 2.24. The minimum atomic E-state index is -0.863. The van der Waals surface area contributed by atoms with Crippen molar-refractivity contribution in [3.63, 3.8) is 0 Å². The summed E-state index contributed by atoms with van der Waals surface area (Å²) in [5, 5.41) is 0. The molecule has 0 rings (SSSR count). The van der Waals surface area contributed by atoms with Crippen molar-refractivity contribution >= 4 is 17.9 Å². The molecule has 0 aliphatic rings. The molecule has 30 heavy (non-hydrogen) atoms. The molecular formula is C24H32O6. The molecule has 0 aromatic rings. The third-order valence-electron chi connectivity index (χ3n) is 3.92. The van der Waals surface area contributed by atoms with Crippen LogP contribution in [0.4, 0.5) is 0 Å². The van der Waals surface area contributed by atoms with Gasteiger partial charge in [-0.2, -0.15) is 0 Å². The third kappa shape index (κ3) is 13.1. The first-order chi connectivity index (χ1) is 14.4. The summed E-state index contributed by atoms with van der Waals surface area (Å²) in [4.78, 5) is 35.7. The normalized spacial score (nSPS) is 12.8. The largest absolute Gasteiger partial charge is 0.462 e. The fourth-order valence-electron chi connectivity index (χ4n) is 1.98. The molecule has 0 radical (unpaired) electrons. The molecule has 6 nitrogen and oxygen atoms in total. The van der Waals surface area contributed by atoms with Crippen molar-refractivity contribution in [1.29, 1.82) is 0 Å². The number of hydrogen-bond donors (Lipinski definition) is 0. The Morgan fingerprint density at radius 2 is 0.900 bits per heavy atom. The van der Waals surface area contributed by atoms with Gasteiger partial charge in [0.05, 0.1) is 5.41 Å². The van der Waals surface area contributed by atoms with Gasteiger partial charge in [-0.15, -0.1) is 0 Å². The molecule has 0 saturated heterocycles. The van der Waals surface area contributed by atoms with Gasteiger partial charge in [0.2, 0.25) is 0 Å². The van der Waals surface area contributed by atoms with Crippen LogP contribution in [0.1, 0.15) is 34.1 Å². The van der Waals surface area contributed by atoms with Crippen molar-refractivity contribution in [3.8, 4) is 0 Å². The van der Waals surface area contributed by atoms with Gasteiger partial charge in [-0.3, -0.25) is 0 Å². The van der Waals surface area contributed by atoms with E-state index in [4.69, 9.17) is 14.2 Å². The van der Waals surface area contributed by atoms with E-state index < -0.39 is 23.3 Å². The average Bonchev–Trinajstić information content (AvgIpc) is 2.74. The molecular weight excluding hydrogens is 384 g/mol. The first-order valence-corrected chi connectivity index (χ1v) is 9.81. The van der Waals surface area contributed by atoms with Crippen molar-refractivity contribution in [2.75, 3.05) is 19.8 Å². The van der Waals surface area contributed by atoms with Gasteiger partial charge in [-0.1, -0.05) is 61.6 Å². The van der Waals surface area contributed by atoms with Crippen LogP contribution < -0.4 is 0 Å². The Kier molecular flexibility index (Phi) is 15.0. The van der Waals surface area contributed by atoms with Gasteiger partial charge in [0, 0.05) is 18.2 Å². The van der Waals surface area contributed by atoms with Gasteiger partial charge < -0.3 is 14.2 Å². The van der Waals surface area contributed by atoms with Crippen LogP contribution in [0.15, 0.2) is 72.9 Å². The van der Waals surface area contributed by atoms with Crippen molar-refractivity contribution in [1.82, 2.24) is 0 Å². The summed E-state index contributed by atoms with van der Waals surface area (Å²) in [7, 11) is 0. The van der Waals surface area contributed by atoms with Crippen molar-refractivity contribution < 1.29 is 28.6 Å². The summed E-state index contributed by atoms with van der Waals surface area (Å²) in [6.07, 6.45) is 19.5. The minimum absolute atomic E-state index is 0.0692. The first-order valence-electron chi connectivity index (χ1n) is 9.81. The Morgan fingerprint density at radius 1 is 0.600 bits per heavy atom. The Bertz CT molecular complexity index is 614. The van der Waals surface area contributed by atoms with E-state index in [1.54, 1.807) is 54.7 Å². The number of rotatable bonds is 13. The Hall–Kier alpha value is -3.15. The summed E-state index contributed by atoms with van der Waals surface area (Å²) in [6.45, 7) is 7.12. The lowest BCUT2D eigenvalue weighted by Crippen LogP contribution is -2.38. The second-order valence-electron chi connectivity index (χ2n) is 6.33. The predicted octanol–water partition coefficient (Wildman–Crippen LogP) is 4.41. The van der Waals surface area contributed by atoms with Gasteiger partial charge in [0.1, 0.15) is 19.8 Å². The number of allylic oxidation sites excluding steroid dienone is 9. The Balaban J connectivity index is 5.18. The smallest absolute Gasteiger partial charge is 0.330 e. The molecule has 164 valence electrons. The third-order valence-corrected chi connectivity index (χ3v) is 3.92. The topological polar surface area (TPSA) is 78.9 Å². The molecule has 0 aliphatic carbocycles. The molecule has 0 spiro atoms. The van der Waals surface area contributed by atoms with Crippen LogP contribution in [0.3, 0.4) is 0 Å². The highest BCUT2D eigenvalue weighted by atomic mass is 16.6. The summed E-state index contributed by atoms with van der Waals surface area (Å²) in [5.41, 5.74) is -0.863. The van der Waals surface area contributed by atoms with Crippen LogP contribution in [0.2, 0.25) is 0 Å². The van der Waals surface area contributed by atoms with Gasteiger partial charge >= 0.3 is 17.9 Å². The number of carbonyl (C=O) groups excluding carboxylic acids is 3. The zero-order valence-electron chi connectivity index (χ0n) is 18.2. The van der Waals surface area contributed by atoms with Crippen LogP contribution in [0.5, 0.6) is 0 Å². The zero-order valence-corrected chi connectivity index (χ0v) is 18.2. The number of ether oxygens (including phenoxy) is 3. The van der Waals surface area contributed by atoms with E-state index >= 15 is 0 Å². The van der Waals surface area contributed by atoms with Gasteiger partial charge in [-0.05, 0) is 27.2 Å². The molecule has 0 atom stereocenters. The summed E-state index contributed by atoms with van der Waals surface area (Å²) >= 11 is 0. The van der Waals surface area contributed by atoms with Crippen molar-refractivity contribution in [2.24, 2.45) is 5.41 Å². The van der Waals surface area contributed by atoms with E-state index in [2.05, 4.69) is 0 Å². The highest BCUT2D eigenvalue weighted by molar-refractivity contribution is 5.83. The lowest BCUT2D eigenvalue weighted by atomic mass is 9.88. The van der Waals surface area contributed by atoms with Gasteiger partial charge in [-0.25, -0.2) is 14.4 Å². The lowest BCUT2D eigenvalue weighted by Gasteiger charge is -2.30. The van der Waals surface area contributed by atoms with Gasteiger partial charge in [0.25, 0.3) is 0 Å². The Morgan fingerprint density at radius 3 is 1.13 bits per heavy atom. The predicted molar refractivity (Wildman–Crippen MR) is 117 cm³/mol. The SMILES string of the molecule is C/C=C/C=C/C(=O)OCC(CC)(COC(=O)/C=C/C=C/C)COC(=O)/C=C/C=C/C. The fourth-order valence-corrected chi connectivity index (χ4v) is 1.98. The van der Waals surface area contributed by atoms with Crippen LogP contribution in [0, 0.1) is 5.41 Å². The molecule has 0 heterocycles. The second-order valence-corrected chi connectivity index (χ2v) is 6.33. The maximum absolute atomic E-state index is 11.9. The van der Waals surface area contributed by atoms with E-state index in [1.807, 2.05) is 27.7 Å². The van der Waals surface area contributed by atoms with E-state index in [0.717, 1.165) is 0 Å². The average molecular weight is 417 g/mol. The molecule has 0 unspecified atom stereocenters. The van der Waals surface area contributed by atoms with Crippen LogP contribution in [-0.2, 0) is 28.6 Å². The van der Waals surface area contributed by atoms with E-state index in [9.17, 15) is 14.4 Å². The molecule has 0 aromatic heterocycles. The van der Waals surface area contributed by atoms with E-state index in [1.165, 1.54) is 18.2 Å². The molecule has 0 N–H and O–H groups in total. The van der Waals surface area contributed by atoms with Crippen LogP contribution in [0.25, 0.3) is 0 Å². The molecule has 0 fully saturated rings. The molecule has 0 aromatic carbocycles. The maximum Gasteiger partial charge on any atom is 0.330 e. The van der Waals surface area contributed by atoms with Crippen molar-refractivity contribution in [3.05, 3.63) is 72.9 Å². The molecule has 6 heteroatoms. The van der Waals surface area contributed by atoms with Gasteiger partial charge in [0.15, 0.2) is 0 Å². The summed E-state index contributed by atoms with van der Waals surface area (Å²) < 4.78 is 15.9. The fraction of sp³-hybridized carbons (Fsp3) is 0.375. The molecule has 0 amide bonds. The van der Waals surface area contributed by atoms with Crippen LogP contribution >= 0.6 is 0 Å². The highest BCUT2D eigenvalue weighted by Gasteiger charge is 2.33. The quantitative estimate of drug-likeness (QED) is 0.192. The van der Waals surface area contributed by atoms with Crippen LogP contribution in [-0.4, -0.2) is 37.7 Å². The lowest BCUT2D eigenvalue weighted by molar-refractivity contribution is -0.156. The standard InChI is InChI=1S/C24H32O6/c1-5-9-12-15-21(25)28-18-24(8-4,19-29-22(26)16-13-10-6-2)20-30-23(27)17-14-11-7-3/h5-7,9-17H,8,18-20H2,1-4H3/b9-5+,10-6+,11-7+,15-12+,16-13+,17-14+. The molecule has 0 bridgehead atoms. The summed E-state index contributed by atoms with van der Waals surface area (Å²) in [6, 6.07) is 0. The number of carbonyl (C=O) groups is 3.